The normalized spacial score (nSPS) is 16.4. The molecule has 0 aliphatic carbocycles. The van der Waals surface area contributed by atoms with Crippen molar-refractivity contribution in [2.24, 2.45) is 5.73 Å². The molecule has 0 aromatic carbocycles. The van der Waals surface area contributed by atoms with E-state index in [0.29, 0.717) is 0 Å². The van der Waals surface area contributed by atoms with Gasteiger partial charge in [0.2, 0.25) is 0 Å². The van der Waals surface area contributed by atoms with E-state index >= 15 is 0 Å². The lowest BCUT2D eigenvalue weighted by Gasteiger charge is -2.32. The summed E-state index contributed by atoms with van der Waals surface area (Å²) in [5.74, 6) is 0. The smallest absolute Gasteiger partial charge is 0.376 e. The second-order valence-corrected chi connectivity index (χ2v) is 6.25. The Hall–Kier alpha value is -0.0231. The molecule has 15 heavy (non-hydrogen) atoms. The standard InChI is InChI=1S/C8H22N2O4Si/c1-6-8(10-14-7(2)9)15(11-3,12-4)13-5/h7-8,10H,6,9H2,1-5H3. The number of rotatable bonds is 8. The zero-order valence-corrected chi connectivity index (χ0v) is 11.1. The summed E-state index contributed by atoms with van der Waals surface area (Å²) in [6, 6.07) is 0. The lowest BCUT2D eigenvalue weighted by atomic mass is 10.5. The first-order valence-corrected chi connectivity index (χ1v) is 6.68. The molecule has 0 radical (unpaired) electrons. The van der Waals surface area contributed by atoms with Crippen LogP contribution in [0.25, 0.3) is 0 Å². The number of nitrogens with one attached hydrogen (secondary N) is 1. The van der Waals surface area contributed by atoms with Crippen molar-refractivity contribution in [2.75, 3.05) is 21.3 Å². The van der Waals surface area contributed by atoms with Crippen molar-refractivity contribution in [2.45, 2.75) is 32.2 Å². The Morgan fingerprint density at radius 3 is 1.93 bits per heavy atom. The second kappa shape index (κ2) is 7.28. The summed E-state index contributed by atoms with van der Waals surface area (Å²) < 4.78 is 16.0. The molecule has 2 unspecified atom stereocenters. The van der Waals surface area contributed by atoms with Crippen LogP contribution in [-0.4, -0.2) is 42.0 Å². The van der Waals surface area contributed by atoms with Crippen LogP contribution < -0.4 is 11.2 Å². The fourth-order valence-corrected chi connectivity index (χ4v) is 3.34. The molecule has 0 amide bonds. The maximum absolute atomic E-state index is 5.47. The first kappa shape index (κ1) is 15.0. The van der Waals surface area contributed by atoms with E-state index in [9.17, 15) is 0 Å². The van der Waals surface area contributed by atoms with Crippen molar-refractivity contribution in [1.82, 2.24) is 5.48 Å². The molecule has 92 valence electrons. The fraction of sp³-hybridized carbons (Fsp3) is 1.00. The summed E-state index contributed by atoms with van der Waals surface area (Å²) in [6.45, 7) is 3.72. The predicted molar refractivity (Wildman–Crippen MR) is 58.7 cm³/mol. The summed E-state index contributed by atoms with van der Waals surface area (Å²) in [7, 11) is 1.99. The van der Waals surface area contributed by atoms with Gasteiger partial charge in [-0.05, 0) is 13.3 Å². The van der Waals surface area contributed by atoms with Crippen molar-refractivity contribution in [3.8, 4) is 0 Å². The Balaban J connectivity index is 4.44. The molecular weight excluding hydrogens is 216 g/mol. The molecule has 0 aliphatic rings. The van der Waals surface area contributed by atoms with E-state index in [2.05, 4.69) is 5.48 Å². The number of hydrogen-bond donors (Lipinski definition) is 2. The highest BCUT2D eigenvalue weighted by Crippen LogP contribution is 2.14. The molecular formula is C8H22N2O4Si. The lowest BCUT2D eigenvalue weighted by Crippen LogP contribution is -2.60. The Labute approximate surface area is 92.3 Å². The molecule has 0 saturated heterocycles. The molecule has 0 saturated carbocycles. The van der Waals surface area contributed by atoms with Crippen LogP contribution in [0.3, 0.4) is 0 Å². The van der Waals surface area contributed by atoms with Gasteiger partial charge < -0.3 is 19.0 Å². The van der Waals surface area contributed by atoms with Crippen LogP contribution in [0.1, 0.15) is 20.3 Å². The van der Waals surface area contributed by atoms with Crippen molar-refractivity contribution < 1.29 is 18.1 Å². The molecule has 0 bridgehead atoms. The Morgan fingerprint density at radius 2 is 1.67 bits per heavy atom. The van der Waals surface area contributed by atoms with Crippen LogP contribution in [0, 0.1) is 0 Å². The number of nitrogens with two attached hydrogens (primary N) is 1. The molecule has 0 aromatic rings. The summed E-state index contributed by atoms with van der Waals surface area (Å²) >= 11 is 0. The van der Waals surface area contributed by atoms with E-state index < -0.39 is 15.0 Å². The van der Waals surface area contributed by atoms with Gasteiger partial charge in [0, 0.05) is 21.3 Å². The highest BCUT2D eigenvalue weighted by molar-refractivity contribution is 6.62. The van der Waals surface area contributed by atoms with Gasteiger partial charge in [0.15, 0.2) is 0 Å². The summed E-state index contributed by atoms with van der Waals surface area (Å²) in [5, 5.41) is 0. The minimum Gasteiger partial charge on any atom is -0.376 e. The molecule has 7 heteroatoms. The van der Waals surface area contributed by atoms with Gasteiger partial charge in [-0.3, -0.25) is 4.84 Å². The van der Waals surface area contributed by atoms with E-state index in [0.717, 1.165) is 6.42 Å². The van der Waals surface area contributed by atoms with Crippen LogP contribution >= 0.6 is 0 Å². The van der Waals surface area contributed by atoms with Gasteiger partial charge in [0.1, 0.15) is 11.9 Å². The Bertz CT molecular complexity index is 158. The summed E-state index contributed by atoms with van der Waals surface area (Å²) in [4.78, 5) is 5.13. The first-order chi connectivity index (χ1) is 7.06. The molecule has 3 N–H and O–H groups in total. The van der Waals surface area contributed by atoms with Crippen molar-refractivity contribution >= 4 is 8.80 Å². The molecule has 2 atom stereocenters. The minimum atomic E-state index is -2.71. The van der Waals surface area contributed by atoms with E-state index in [1.165, 1.54) is 0 Å². The Morgan fingerprint density at radius 1 is 1.20 bits per heavy atom. The molecule has 6 nitrogen and oxygen atoms in total. The minimum absolute atomic E-state index is 0.136. The fourth-order valence-electron chi connectivity index (χ4n) is 1.27. The van der Waals surface area contributed by atoms with Gasteiger partial charge in [0.25, 0.3) is 0 Å². The largest absolute Gasteiger partial charge is 0.520 e. The maximum atomic E-state index is 5.47. The van der Waals surface area contributed by atoms with Gasteiger partial charge in [-0.1, -0.05) is 6.92 Å². The van der Waals surface area contributed by atoms with Gasteiger partial charge in [0.05, 0.1) is 0 Å². The van der Waals surface area contributed by atoms with Gasteiger partial charge in [-0.25, -0.2) is 0 Å². The lowest BCUT2D eigenvalue weighted by molar-refractivity contribution is -0.0369. The zero-order chi connectivity index (χ0) is 11.9. The number of hydrogen-bond acceptors (Lipinski definition) is 6. The van der Waals surface area contributed by atoms with Crippen molar-refractivity contribution in [3.05, 3.63) is 0 Å². The predicted octanol–water partition coefficient (Wildman–Crippen LogP) is 0.00820. The quantitative estimate of drug-likeness (QED) is 0.352. The highest BCUT2D eigenvalue weighted by atomic mass is 28.4. The van der Waals surface area contributed by atoms with Crippen molar-refractivity contribution in [3.63, 3.8) is 0 Å². The van der Waals surface area contributed by atoms with Crippen LogP contribution in [0.15, 0.2) is 0 Å². The van der Waals surface area contributed by atoms with Crippen molar-refractivity contribution in [1.29, 1.82) is 0 Å². The summed E-state index contributed by atoms with van der Waals surface area (Å²) in [6.07, 6.45) is 0.366. The molecule has 0 fully saturated rings. The highest BCUT2D eigenvalue weighted by Gasteiger charge is 2.47. The van der Waals surface area contributed by atoms with Gasteiger partial charge in [-0.15, -0.1) is 0 Å². The van der Waals surface area contributed by atoms with Gasteiger partial charge >= 0.3 is 8.80 Å². The average Bonchev–Trinajstić information content (AvgIpc) is 2.24. The van der Waals surface area contributed by atoms with Crippen LogP contribution in [0.5, 0.6) is 0 Å². The maximum Gasteiger partial charge on any atom is 0.520 e. The van der Waals surface area contributed by atoms with Gasteiger partial charge in [-0.2, -0.15) is 5.48 Å². The zero-order valence-electron chi connectivity index (χ0n) is 10.1. The summed E-state index contributed by atoms with van der Waals surface area (Å²) in [5.41, 5.74) is 8.16. The second-order valence-electron chi connectivity index (χ2n) is 3.12. The molecule has 0 spiro atoms. The van der Waals surface area contributed by atoms with E-state index in [4.69, 9.17) is 23.8 Å². The third kappa shape index (κ3) is 4.15. The van der Waals surface area contributed by atoms with E-state index in [1.807, 2.05) is 6.92 Å². The Kier molecular flexibility index (Phi) is 7.27. The van der Waals surface area contributed by atoms with E-state index in [1.54, 1.807) is 28.3 Å². The SMILES string of the molecule is CCC(NOC(C)N)[Si](OC)(OC)OC. The molecule has 0 rings (SSSR count). The molecule has 0 heterocycles. The first-order valence-electron chi connectivity index (χ1n) is 4.88. The average molecular weight is 238 g/mol. The third-order valence-corrected chi connectivity index (χ3v) is 5.17. The monoisotopic (exact) mass is 238 g/mol. The molecule has 0 aliphatic heterocycles. The van der Waals surface area contributed by atoms with Crippen LogP contribution in [0.2, 0.25) is 0 Å². The topological polar surface area (TPSA) is 75.0 Å². The number of hydroxylamine groups is 1. The van der Waals surface area contributed by atoms with E-state index in [-0.39, 0.29) is 5.67 Å². The van der Waals surface area contributed by atoms with Crippen LogP contribution in [0.4, 0.5) is 0 Å². The third-order valence-electron chi connectivity index (χ3n) is 2.08. The van der Waals surface area contributed by atoms with Crippen LogP contribution in [-0.2, 0) is 18.1 Å². The molecule has 0 aromatic heterocycles.